The molecule has 2 rings (SSSR count). The quantitative estimate of drug-likeness (QED) is 0.700. The van der Waals surface area contributed by atoms with Crippen molar-refractivity contribution >= 4 is 17.2 Å². The Morgan fingerprint density at radius 1 is 1.33 bits per heavy atom. The van der Waals surface area contributed by atoms with Crippen LogP contribution in [0, 0.1) is 6.92 Å². The average molecular weight is 201 g/mol. The van der Waals surface area contributed by atoms with E-state index < -0.39 is 0 Å². The maximum absolute atomic E-state index is 10.7. The Kier molecular flexibility index (Phi) is 2.37. The Morgan fingerprint density at radius 2 is 2.13 bits per heavy atom. The molecule has 0 aliphatic heterocycles. The predicted molar refractivity (Wildman–Crippen MR) is 58.4 cm³/mol. The van der Waals surface area contributed by atoms with Gasteiger partial charge in [-0.15, -0.1) is 0 Å². The Labute approximate surface area is 87.7 Å². The standard InChI is InChI=1S/C12H11NO2/c1-8-3-10-4-9(7-14)5-11(15-2)12(10)13-6-8/h3-7H,1-2H3. The van der Waals surface area contributed by atoms with Crippen molar-refractivity contribution in [1.29, 1.82) is 0 Å². The zero-order chi connectivity index (χ0) is 10.8. The third-order valence-corrected chi connectivity index (χ3v) is 2.26. The van der Waals surface area contributed by atoms with Crippen LogP contribution in [-0.2, 0) is 0 Å². The van der Waals surface area contributed by atoms with E-state index in [1.165, 1.54) is 0 Å². The van der Waals surface area contributed by atoms with Crippen LogP contribution in [0.4, 0.5) is 0 Å². The van der Waals surface area contributed by atoms with Crippen LogP contribution in [0.25, 0.3) is 10.9 Å². The van der Waals surface area contributed by atoms with Crippen molar-refractivity contribution in [3.05, 3.63) is 35.5 Å². The van der Waals surface area contributed by atoms with Crippen molar-refractivity contribution in [3.8, 4) is 5.75 Å². The monoisotopic (exact) mass is 201 g/mol. The summed E-state index contributed by atoms with van der Waals surface area (Å²) in [5.74, 6) is 0.634. The van der Waals surface area contributed by atoms with E-state index in [0.717, 1.165) is 22.8 Å². The number of carbonyl (C=O) groups is 1. The zero-order valence-corrected chi connectivity index (χ0v) is 8.65. The molecule has 1 aromatic carbocycles. The lowest BCUT2D eigenvalue weighted by molar-refractivity contribution is 0.112. The summed E-state index contributed by atoms with van der Waals surface area (Å²) in [5, 5.41) is 0.927. The first-order valence-electron chi connectivity index (χ1n) is 4.64. The first-order valence-corrected chi connectivity index (χ1v) is 4.64. The number of rotatable bonds is 2. The second kappa shape index (κ2) is 3.69. The van der Waals surface area contributed by atoms with Gasteiger partial charge >= 0.3 is 0 Å². The summed E-state index contributed by atoms with van der Waals surface area (Å²) in [7, 11) is 1.57. The normalized spacial score (nSPS) is 10.3. The van der Waals surface area contributed by atoms with Crippen molar-refractivity contribution in [1.82, 2.24) is 4.98 Å². The van der Waals surface area contributed by atoms with Gasteiger partial charge in [-0.05, 0) is 30.7 Å². The number of aryl methyl sites for hydroxylation is 1. The van der Waals surface area contributed by atoms with Crippen molar-refractivity contribution in [2.75, 3.05) is 7.11 Å². The summed E-state index contributed by atoms with van der Waals surface area (Å²) in [6.07, 6.45) is 2.59. The molecule has 0 atom stereocenters. The van der Waals surface area contributed by atoms with Crippen LogP contribution in [-0.4, -0.2) is 18.4 Å². The van der Waals surface area contributed by atoms with E-state index in [2.05, 4.69) is 4.98 Å². The van der Waals surface area contributed by atoms with Crippen LogP contribution in [0.2, 0.25) is 0 Å². The molecule has 0 spiro atoms. The smallest absolute Gasteiger partial charge is 0.150 e. The van der Waals surface area contributed by atoms with Gasteiger partial charge in [-0.2, -0.15) is 0 Å². The zero-order valence-electron chi connectivity index (χ0n) is 8.65. The fraction of sp³-hybridized carbons (Fsp3) is 0.167. The summed E-state index contributed by atoms with van der Waals surface area (Å²) in [6, 6.07) is 5.49. The van der Waals surface area contributed by atoms with Gasteiger partial charge in [-0.3, -0.25) is 9.78 Å². The highest BCUT2D eigenvalue weighted by atomic mass is 16.5. The number of pyridine rings is 1. The molecule has 0 bridgehead atoms. The van der Waals surface area contributed by atoms with Crippen LogP contribution in [0.3, 0.4) is 0 Å². The van der Waals surface area contributed by atoms with Crippen LogP contribution in [0.1, 0.15) is 15.9 Å². The van der Waals surface area contributed by atoms with E-state index in [1.54, 1.807) is 19.4 Å². The highest BCUT2D eigenvalue weighted by molar-refractivity contribution is 5.91. The summed E-state index contributed by atoms with van der Waals surface area (Å²) in [4.78, 5) is 15.0. The molecule has 2 aromatic rings. The molecule has 0 aliphatic rings. The van der Waals surface area contributed by atoms with E-state index in [4.69, 9.17) is 4.74 Å². The first kappa shape index (κ1) is 9.65. The number of aldehydes is 1. The molecule has 76 valence electrons. The minimum Gasteiger partial charge on any atom is -0.494 e. The molecule has 0 aliphatic carbocycles. The van der Waals surface area contributed by atoms with Crippen LogP contribution >= 0.6 is 0 Å². The molecule has 0 unspecified atom stereocenters. The molecule has 1 aromatic heterocycles. The molecular weight excluding hydrogens is 190 g/mol. The molecule has 0 fully saturated rings. The van der Waals surface area contributed by atoms with Crippen LogP contribution < -0.4 is 4.74 Å². The van der Waals surface area contributed by atoms with E-state index in [-0.39, 0.29) is 0 Å². The number of nitrogens with zero attached hydrogens (tertiary/aromatic N) is 1. The van der Waals surface area contributed by atoms with Gasteiger partial charge in [0.25, 0.3) is 0 Å². The van der Waals surface area contributed by atoms with Crippen molar-refractivity contribution in [2.45, 2.75) is 6.92 Å². The number of hydrogen-bond acceptors (Lipinski definition) is 3. The molecule has 0 amide bonds. The van der Waals surface area contributed by atoms with Gasteiger partial charge in [0, 0.05) is 17.1 Å². The van der Waals surface area contributed by atoms with Gasteiger partial charge in [0.2, 0.25) is 0 Å². The Bertz CT molecular complexity index is 520. The van der Waals surface area contributed by atoms with Crippen LogP contribution in [0.5, 0.6) is 5.75 Å². The molecular formula is C12H11NO2. The van der Waals surface area contributed by atoms with E-state index in [1.807, 2.05) is 19.1 Å². The molecule has 0 saturated carbocycles. The topological polar surface area (TPSA) is 39.2 Å². The third-order valence-electron chi connectivity index (χ3n) is 2.26. The van der Waals surface area contributed by atoms with Crippen molar-refractivity contribution < 1.29 is 9.53 Å². The summed E-state index contributed by atoms with van der Waals surface area (Å²) in [5.41, 5.74) is 2.45. The number of aromatic nitrogens is 1. The number of carbonyl (C=O) groups excluding carboxylic acids is 1. The minimum absolute atomic E-state index is 0.603. The largest absolute Gasteiger partial charge is 0.494 e. The molecule has 0 N–H and O–H groups in total. The molecule has 3 nitrogen and oxygen atoms in total. The molecule has 15 heavy (non-hydrogen) atoms. The number of benzene rings is 1. The predicted octanol–water partition coefficient (Wildman–Crippen LogP) is 2.36. The van der Waals surface area contributed by atoms with Gasteiger partial charge in [0.1, 0.15) is 17.6 Å². The fourth-order valence-electron chi connectivity index (χ4n) is 1.57. The van der Waals surface area contributed by atoms with Gasteiger partial charge in [0.05, 0.1) is 7.11 Å². The molecule has 0 saturated heterocycles. The Hall–Kier alpha value is -1.90. The van der Waals surface area contributed by atoms with Crippen molar-refractivity contribution in [2.24, 2.45) is 0 Å². The maximum Gasteiger partial charge on any atom is 0.150 e. The number of fused-ring (bicyclic) bond motifs is 1. The van der Waals surface area contributed by atoms with Gasteiger partial charge < -0.3 is 4.74 Å². The number of hydrogen-bond donors (Lipinski definition) is 0. The molecule has 3 heteroatoms. The number of methoxy groups -OCH3 is 1. The minimum atomic E-state index is 0.603. The van der Waals surface area contributed by atoms with Gasteiger partial charge in [0.15, 0.2) is 0 Å². The second-order valence-corrected chi connectivity index (χ2v) is 3.43. The fourth-order valence-corrected chi connectivity index (χ4v) is 1.57. The Morgan fingerprint density at radius 3 is 2.80 bits per heavy atom. The highest BCUT2D eigenvalue weighted by Gasteiger charge is 2.05. The van der Waals surface area contributed by atoms with Crippen LogP contribution in [0.15, 0.2) is 24.4 Å². The highest BCUT2D eigenvalue weighted by Crippen LogP contribution is 2.25. The molecule has 0 radical (unpaired) electrons. The van der Waals surface area contributed by atoms with Gasteiger partial charge in [-0.1, -0.05) is 0 Å². The average Bonchev–Trinajstić information content (AvgIpc) is 2.26. The lowest BCUT2D eigenvalue weighted by Gasteiger charge is -2.06. The SMILES string of the molecule is COc1cc(C=O)cc2cc(C)cnc12. The van der Waals surface area contributed by atoms with Crippen molar-refractivity contribution in [3.63, 3.8) is 0 Å². The number of ether oxygens (including phenoxy) is 1. The maximum atomic E-state index is 10.7. The van der Waals surface area contributed by atoms with E-state index in [9.17, 15) is 4.79 Å². The van der Waals surface area contributed by atoms with E-state index >= 15 is 0 Å². The van der Waals surface area contributed by atoms with Gasteiger partial charge in [-0.25, -0.2) is 0 Å². The third kappa shape index (κ3) is 1.68. The lowest BCUT2D eigenvalue weighted by atomic mass is 10.1. The lowest BCUT2D eigenvalue weighted by Crippen LogP contribution is -1.91. The summed E-state index contributed by atoms with van der Waals surface area (Å²) in [6.45, 7) is 1.96. The van der Waals surface area contributed by atoms with E-state index in [0.29, 0.717) is 11.3 Å². The Balaban J connectivity index is 2.80. The molecule has 1 heterocycles. The summed E-state index contributed by atoms with van der Waals surface area (Å²) >= 11 is 0. The second-order valence-electron chi connectivity index (χ2n) is 3.43. The summed E-state index contributed by atoms with van der Waals surface area (Å²) < 4.78 is 5.19. The first-order chi connectivity index (χ1) is 7.24.